The third kappa shape index (κ3) is 4.88. The summed E-state index contributed by atoms with van der Waals surface area (Å²) in [6.07, 6.45) is -4.70. The third-order valence-corrected chi connectivity index (χ3v) is 3.98. The van der Waals surface area contributed by atoms with Crippen LogP contribution in [0.1, 0.15) is 0 Å². The van der Waals surface area contributed by atoms with Gasteiger partial charge in [-0.15, -0.1) is 13.2 Å². The van der Waals surface area contributed by atoms with E-state index in [4.69, 9.17) is 4.74 Å². The van der Waals surface area contributed by atoms with Gasteiger partial charge in [-0.2, -0.15) is 0 Å². The zero-order valence-electron chi connectivity index (χ0n) is 12.8. The van der Waals surface area contributed by atoms with Gasteiger partial charge >= 0.3 is 6.36 Å². The number of ether oxygens (including phenoxy) is 2. The minimum Gasteiger partial charge on any atom is -0.457 e. The quantitative estimate of drug-likeness (QED) is 0.410. The highest BCUT2D eigenvalue weighted by molar-refractivity contribution is 14.1. The highest BCUT2D eigenvalue weighted by Gasteiger charge is 2.31. The maximum atomic E-state index is 12.3. The summed E-state index contributed by atoms with van der Waals surface area (Å²) in [5.41, 5.74) is 1.51. The Kier molecular flexibility index (Phi) is 5.17. The number of rotatable bonds is 4. The highest BCUT2D eigenvalue weighted by Crippen LogP contribution is 2.35. The van der Waals surface area contributed by atoms with Crippen molar-refractivity contribution in [2.75, 3.05) is 0 Å². The van der Waals surface area contributed by atoms with Crippen molar-refractivity contribution in [1.29, 1.82) is 0 Å². The average molecular weight is 456 g/mol. The molecule has 0 unspecified atom stereocenters. The highest BCUT2D eigenvalue weighted by atomic mass is 127. The van der Waals surface area contributed by atoms with E-state index in [-0.39, 0.29) is 5.75 Å². The van der Waals surface area contributed by atoms with Crippen LogP contribution in [0.5, 0.6) is 17.2 Å². The molecule has 0 aromatic heterocycles. The molecule has 0 N–H and O–H groups in total. The molecule has 6 heteroatoms. The summed E-state index contributed by atoms with van der Waals surface area (Å²) in [4.78, 5) is 0. The summed E-state index contributed by atoms with van der Waals surface area (Å²) >= 11 is 2.20. The van der Waals surface area contributed by atoms with Crippen molar-refractivity contribution in [3.05, 3.63) is 76.4 Å². The summed E-state index contributed by atoms with van der Waals surface area (Å²) < 4.78 is 47.7. The van der Waals surface area contributed by atoms with Crippen molar-refractivity contribution in [2.24, 2.45) is 0 Å². The fraction of sp³-hybridized carbons (Fsp3) is 0.0526. The van der Waals surface area contributed by atoms with Crippen LogP contribution < -0.4 is 9.47 Å². The van der Waals surface area contributed by atoms with E-state index in [0.717, 1.165) is 14.7 Å². The van der Waals surface area contributed by atoms with Crippen molar-refractivity contribution in [1.82, 2.24) is 0 Å². The van der Waals surface area contributed by atoms with E-state index in [0.29, 0.717) is 11.5 Å². The number of hydrogen-bond acceptors (Lipinski definition) is 2. The first-order valence-corrected chi connectivity index (χ1v) is 8.37. The Morgan fingerprint density at radius 3 is 2.16 bits per heavy atom. The predicted octanol–water partition coefficient (Wildman–Crippen LogP) is 6.65. The molecule has 0 radical (unpaired) electrons. The molecule has 0 aliphatic heterocycles. The van der Waals surface area contributed by atoms with Crippen LogP contribution in [0.25, 0.3) is 11.1 Å². The van der Waals surface area contributed by atoms with E-state index in [1.54, 1.807) is 12.1 Å². The fourth-order valence-electron chi connectivity index (χ4n) is 2.29. The molecule has 128 valence electrons. The van der Waals surface area contributed by atoms with Crippen LogP contribution in [-0.4, -0.2) is 6.36 Å². The molecule has 0 fully saturated rings. The topological polar surface area (TPSA) is 18.5 Å². The molecule has 0 atom stereocenters. The Morgan fingerprint density at radius 2 is 1.48 bits per heavy atom. The van der Waals surface area contributed by atoms with Gasteiger partial charge in [-0.1, -0.05) is 36.4 Å². The second-order valence-electron chi connectivity index (χ2n) is 5.13. The lowest BCUT2D eigenvalue weighted by molar-refractivity contribution is -0.274. The lowest BCUT2D eigenvalue weighted by Gasteiger charge is -2.13. The molecule has 3 aromatic rings. The van der Waals surface area contributed by atoms with Crippen LogP contribution >= 0.6 is 22.6 Å². The zero-order chi connectivity index (χ0) is 17.9. The second kappa shape index (κ2) is 7.35. The van der Waals surface area contributed by atoms with Crippen LogP contribution in [0.15, 0.2) is 72.8 Å². The fourth-order valence-corrected chi connectivity index (χ4v) is 2.80. The molecule has 3 aromatic carbocycles. The first-order valence-electron chi connectivity index (χ1n) is 7.29. The summed E-state index contributed by atoms with van der Waals surface area (Å²) in [5.74, 6) is 1.05. The van der Waals surface area contributed by atoms with Gasteiger partial charge in [-0.3, -0.25) is 0 Å². The van der Waals surface area contributed by atoms with Crippen LogP contribution in [-0.2, 0) is 0 Å². The van der Waals surface area contributed by atoms with Crippen molar-refractivity contribution in [3.63, 3.8) is 0 Å². The van der Waals surface area contributed by atoms with Crippen molar-refractivity contribution in [3.8, 4) is 28.4 Å². The van der Waals surface area contributed by atoms with Gasteiger partial charge in [0.05, 0.1) is 0 Å². The largest absolute Gasteiger partial charge is 0.573 e. The molecule has 0 amide bonds. The number of halogens is 4. The zero-order valence-corrected chi connectivity index (χ0v) is 14.9. The van der Waals surface area contributed by atoms with Gasteiger partial charge in [-0.05, 0) is 64.6 Å². The van der Waals surface area contributed by atoms with E-state index in [2.05, 4.69) is 27.3 Å². The van der Waals surface area contributed by atoms with Crippen LogP contribution in [0.2, 0.25) is 0 Å². The molecule has 0 saturated carbocycles. The maximum Gasteiger partial charge on any atom is 0.573 e. The van der Waals surface area contributed by atoms with Crippen LogP contribution in [0.3, 0.4) is 0 Å². The molecule has 0 heterocycles. The summed E-state index contributed by atoms with van der Waals surface area (Å²) in [5, 5.41) is 0. The van der Waals surface area contributed by atoms with Crippen molar-refractivity contribution < 1.29 is 22.6 Å². The molecule has 25 heavy (non-hydrogen) atoms. The molecule has 3 rings (SSSR count). The first kappa shape index (κ1) is 17.6. The molecule has 0 spiro atoms. The Balaban J connectivity index is 1.88. The molecule has 2 nitrogen and oxygen atoms in total. The molecular weight excluding hydrogens is 444 g/mol. The molecule has 0 saturated heterocycles. The van der Waals surface area contributed by atoms with Gasteiger partial charge in [0.15, 0.2) is 0 Å². The van der Waals surface area contributed by atoms with E-state index < -0.39 is 6.36 Å². The average Bonchev–Trinajstić information content (AvgIpc) is 2.55. The standard InChI is InChI=1S/C19H12F3IO2/c20-19(21,22)25-15-10-8-13(9-11-15)17-6-1-2-7-18(17)24-16-5-3-4-14(23)12-16/h1-12H. The van der Waals surface area contributed by atoms with E-state index in [1.807, 2.05) is 48.5 Å². The van der Waals surface area contributed by atoms with Gasteiger partial charge in [-0.25, -0.2) is 0 Å². The third-order valence-electron chi connectivity index (χ3n) is 3.31. The van der Waals surface area contributed by atoms with E-state index in [1.165, 1.54) is 12.1 Å². The summed E-state index contributed by atoms with van der Waals surface area (Å²) in [6, 6.07) is 20.6. The van der Waals surface area contributed by atoms with E-state index >= 15 is 0 Å². The van der Waals surface area contributed by atoms with Crippen LogP contribution in [0, 0.1) is 3.57 Å². The van der Waals surface area contributed by atoms with E-state index in [9.17, 15) is 13.2 Å². The number of hydrogen-bond donors (Lipinski definition) is 0. The molecule has 0 aliphatic carbocycles. The SMILES string of the molecule is FC(F)(F)Oc1ccc(-c2ccccc2Oc2cccc(I)c2)cc1. The monoisotopic (exact) mass is 456 g/mol. The van der Waals surface area contributed by atoms with Gasteiger partial charge in [0.2, 0.25) is 0 Å². The van der Waals surface area contributed by atoms with Gasteiger partial charge in [0.1, 0.15) is 17.2 Å². The number of alkyl halides is 3. The summed E-state index contributed by atoms with van der Waals surface area (Å²) in [6.45, 7) is 0. The smallest absolute Gasteiger partial charge is 0.457 e. The second-order valence-corrected chi connectivity index (χ2v) is 6.37. The van der Waals surface area contributed by atoms with Crippen molar-refractivity contribution >= 4 is 22.6 Å². The Hall–Kier alpha value is -2.22. The normalized spacial score (nSPS) is 11.2. The predicted molar refractivity (Wildman–Crippen MR) is 97.8 cm³/mol. The van der Waals surface area contributed by atoms with Crippen molar-refractivity contribution in [2.45, 2.75) is 6.36 Å². The molecular formula is C19H12F3IO2. The van der Waals surface area contributed by atoms with Crippen LogP contribution in [0.4, 0.5) is 13.2 Å². The Morgan fingerprint density at radius 1 is 0.760 bits per heavy atom. The maximum absolute atomic E-state index is 12.3. The first-order chi connectivity index (χ1) is 11.9. The van der Waals surface area contributed by atoms with Gasteiger partial charge in [0, 0.05) is 9.13 Å². The lowest BCUT2D eigenvalue weighted by atomic mass is 10.0. The van der Waals surface area contributed by atoms with Gasteiger partial charge < -0.3 is 9.47 Å². The lowest BCUT2D eigenvalue weighted by Crippen LogP contribution is -2.16. The number of para-hydroxylation sites is 1. The Bertz CT molecular complexity index is 861. The minimum absolute atomic E-state index is 0.257. The minimum atomic E-state index is -4.70. The number of benzene rings is 3. The van der Waals surface area contributed by atoms with Gasteiger partial charge in [0.25, 0.3) is 0 Å². The summed E-state index contributed by atoms with van der Waals surface area (Å²) in [7, 11) is 0. The Labute approximate surface area is 156 Å². The molecule has 0 aliphatic rings. The molecule has 0 bridgehead atoms.